The van der Waals surface area contributed by atoms with Gasteiger partial charge in [-0.1, -0.05) is 29.4 Å². The van der Waals surface area contributed by atoms with E-state index in [0.29, 0.717) is 27.4 Å². The van der Waals surface area contributed by atoms with Gasteiger partial charge in [0.15, 0.2) is 11.0 Å². The van der Waals surface area contributed by atoms with Crippen molar-refractivity contribution >= 4 is 35.0 Å². The van der Waals surface area contributed by atoms with Crippen LogP contribution in [0.2, 0.25) is 5.02 Å². The van der Waals surface area contributed by atoms with Crippen molar-refractivity contribution < 1.29 is 9.18 Å². The largest absolute Gasteiger partial charge is 0.325 e. The first-order chi connectivity index (χ1) is 14.6. The third-order valence-electron chi connectivity index (χ3n) is 4.07. The molecule has 2 aromatic carbocycles. The number of rotatable bonds is 6. The van der Waals surface area contributed by atoms with Crippen LogP contribution in [-0.4, -0.2) is 31.4 Å². The lowest BCUT2D eigenvalue weighted by molar-refractivity contribution is -0.113. The molecule has 150 valence electrons. The maximum Gasteiger partial charge on any atom is 0.234 e. The van der Waals surface area contributed by atoms with Crippen LogP contribution in [0, 0.1) is 5.82 Å². The van der Waals surface area contributed by atoms with Crippen LogP contribution in [-0.2, 0) is 4.79 Å². The van der Waals surface area contributed by atoms with Crippen LogP contribution in [0.3, 0.4) is 0 Å². The summed E-state index contributed by atoms with van der Waals surface area (Å²) < 4.78 is 14.8. The number of halogens is 2. The molecule has 0 aliphatic heterocycles. The third kappa shape index (κ3) is 4.67. The third-order valence-corrected chi connectivity index (χ3v) is 5.25. The van der Waals surface area contributed by atoms with E-state index >= 15 is 0 Å². The van der Waals surface area contributed by atoms with Crippen LogP contribution in [0.5, 0.6) is 0 Å². The molecular weight excluding hydrogens is 425 g/mol. The van der Waals surface area contributed by atoms with E-state index in [0.717, 1.165) is 5.69 Å². The fraction of sp³-hybridized carbons (Fsp3) is 0.0476. The van der Waals surface area contributed by atoms with E-state index in [2.05, 4.69) is 20.5 Å². The number of thioether (sulfide) groups is 1. The number of nitrogens with one attached hydrogen (secondary N) is 1. The molecule has 4 aromatic rings. The fourth-order valence-electron chi connectivity index (χ4n) is 2.71. The second kappa shape index (κ2) is 9.06. The van der Waals surface area contributed by atoms with Gasteiger partial charge in [-0.3, -0.25) is 14.3 Å². The Balaban J connectivity index is 1.58. The molecule has 9 heteroatoms. The van der Waals surface area contributed by atoms with Crippen LogP contribution in [0.4, 0.5) is 10.1 Å². The van der Waals surface area contributed by atoms with Crippen molar-refractivity contribution in [2.45, 2.75) is 5.16 Å². The molecule has 0 saturated carbocycles. The normalized spacial score (nSPS) is 10.7. The number of aromatic nitrogens is 4. The van der Waals surface area contributed by atoms with Gasteiger partial charge in [0, 0.05) is 22.6 Å². The summed E-state index contributed by atoms with van der Waals surface area (Å²) in [5, 5.41) is 12.4. The lowest BCUT2D eigenvalue weighted by Crippen LogP contribution is -2.14. The first-order valence-electron chi connectivity index (χ1n) is 8.91. The van der Waals surface area contributed by atoms with E-state index in [4.69, 9.17) is 11.6 Å². The molecule has 0 aliphatic carbocycles. The molecule has 1 amide bonds. The Hall–Kier alpha value is -3.23. The molecule has 0 unspecified atom stereocenters. The van der Waals surface area contributed by atoms with E-state index in [1.54, 1.807) is 18.3 Å². The molecule has 0 radical (unpaired) electrons. The average molecular weight is 440 g/mol. The zero-order chi connectivity index (χ0) is 20.9. The van der Waals surface area contributed by atoms with Gasteiger partial charge in [-0.2, -0.15) is 0 Å². The van der Waals surface area contributed by atoms with Gasteiger partial charge in [0.25, 0.3) is 0 Å². The number of amides is 1. The van der Waals surface area contributed by atoms with Gasteiger partial charge in [-0.15, -0.1) is 10.2 Å². The fourth-order valence-corrected chi connectivity index (χ4v) is 3.59. The maximum absolute atomic E-state index is 13.0. The quantitative estimate of drug-likeness (QED) is 0.435. The van der Waals surface area contributed by atoms with Gasteiger partial charge in [0.1, 0.15) is 11.5 Å². The van der Waals surface area contributed by atoms with Crippen LogP contribution in [0.15, 0.2) is 78.1 Å². The van der Waals surface area contributed by atoms with Gasteiger partial charge in [0.05, 0.1) is 5.75 Å². The molecule has 0 bridgehead atoms. The highest BCUT2D eigenvalue weighted by molar-refractivity contribution is 7.99. The Labute approximate surface area is 181 Å². The molecule has 4 rings (SSSR count). The van der Waals surface area contributed by atoms with Gasteiger partial charge >= 0.3 is 0 Å². The Kier molecular flexibility index (Phi) is 6.06. The summed E-state index contributed by atoms with van der Waals surface area (Å²) in [5.41, 5.74) is 1.98. The summed E-state index contributed by atoms with van der Waals surface area (Å²) in [7, 11) is 0. The van der Waals surface area contributed by atoms with E-state index < -0.39 is 0 Å². The van der Waals surface area contributed by atoms with Crippen molar-refractivity contribution in [2.24, 2.45) is 0 Å². The van der Waals surface area contributed by atoms with E-state index in [1.165, 1.54) is 36.0 Å². The Bertz CT molecular complexity index is 1150. The number of benzene rings is 2. The summed E-state index contributed by atoms with van der Waals surface area (Å²) in [6.45, 7) is 0. The number of pyridine rings is 1. The molecule has 0 atom stereocenters. The molecule has 2 aromatic heterocycles. The van der Waals surface area contributed by atoms with Crippen molar-refractivity contribution in [1.82, 2.24) is 19.7 Å². The first kappa shape index (κ1) is 20.1. The molecule has 0 aliphatic rings. The summed E-state index contributed by atoms with van der Waals surface area (Å²) >= 11 is 7.26. The minimum atomic E-state index is -0.361. The number of hydrogen-bond donors (Lipinski definition) is 1. The Morgan fingerprint density at radius 1 is 1.03 bits per heavy atom. The second-order valence-corrected chi connectivity index (χ2v) is 7.56. The monoisotopic (exact) mass is 439 g/mol. The SMILES string of the molecule is O=C(CSc1nnc(-c2ccccn2)n1-c1ccc(Cl)cc1)Nc1ccc(F)cc1. The van der Waals surface area contributed by atoms with Crippen LogP contribution in [0.25, 0.3) is 17.2 Å². The van der Waals surface area contributed by atoms with Crippen molar-refractivity contribution in [3.8, 4) is 17.2 Å². The molecular formula is C21H15ClFN5OS. The highest BCUT2D eigenvalue weighted by Gasteiger charge is 2.18. The minimum Gasteiger partial charge on any atom is -0.325 e. The van der Waals surface area contributed by atoms with Crippen molar-refractivity contribution in [3.63, 3.8) is 0 Å². The average Bonchev–Trinajstić information content (AvgIpc) is 3.19. The zero-order valence-corrected chi connectivity index (χ0v) is 17.1. The van der Waals surface area contributed by atoms with Crippen LogP contribution in [0.1, 0.15) is 0 Å². The topological polar surface area (TPSA) is 72.7 Å². The van der Waals surface area contributed by atoms with Gasteiger partial charge in [-0.05, 0) is 60.7 Å². The maximum atomic E-state index is 13.0. The standard InChI is InChI=1S/C21H15ClFN5OS/c22-14-4-10-17(11-5-14)28-20(18-3-1-2-12-24-18)26-27-21(28)30-13-19(29)25-16-8-6-15(23)7-9-16/h1-12H,13H2,(H,25,29). The van der Waals surface area contributed by atoms with Gasteiger partial charge in [-0.25, -0.2) is 4.39 Å². The smallest absolute Gasteiger partial charge is 0.234 e. The zero-order valence-electron chi connectivity index (χ0n) is 15.5. The number of carbonyl (C=O) groups is 1. The summed E-state index contributed by atoms with van der Waals surface area (Å²) in [6, 6.07) is 18.4. The predicted octanol–water partition coefficient (Wildman–Crippen LogP) is 4.85. The Morgan fingerprint density at radius 2 is 1.80 bits per heavy atom. The highest BCUT2D eigenvalue weighted by atomic mass is 35.5. The van der Waals surface area contributed by atoms with Crippen molar-refractivity contribution in [2.75, 3.05) is 11.1 Å². The van der Waals surface area contributed by atoms with Gasteiger partial charge in [0.2, 0.25) is 5.91 Å². The molecule has 6 nitrogen and oxygen atoms in total. The number of anilines is 1. The lowest BCUT2D eigenvalue weighted by atomic mass is 10.3. The van der Waals surface area contributed by atoms with E-state index in [9.17, 15) is 9.18 Å². The van der Waals surface area contributed by atoms with Gasteiger partial charge < -0.3 is 5.32 Å². The van der Waals surface area contributed by atoms with Crippen LogP contribution < -0.4 is 5.32 Å². The minimum absolute atomic E-state index is 0.102. The summed E-state index contributed by atoms with van der Waals surface area (Å²) in [5.74, 6) is 0.0576. The molecule has 0 fully saturated rings. The molecule has 0 saturated heterocycles. The predicted molar refractivity (Wildman–Crippen MR) is 115 cm³/mol. The van der Waals surface area contributed by atoms with Crippen molar-refractivity contribution in [3.05, 3.63) is 83.8 Å². The highest BCUT2D eigenvalue weighted by Crippen LogP contribution is 2.27. The number of carbonyl (C=O) groups excluding carboxylic acids is 1. The molecule has 0 spiro atoms. The second-order valence-electron chi connectivity index (χ2n) is 6.18. The first-order valence-corrected chi connectivity index (χ1v) is 10.3. The lowest BCUT2D eigenvalue weighted by Gasteiger charge is -2.10. The van der Waals surface area contributed by atoms with E-state index in [1.807, 2.05) is 34.9 Å². The summed E-state index contributed by atoms with van der Waals surface area (Å²) in [6.07, 6.45) is 1.68. The summed E-state index contributed by atoms with van der Waals surface area (Å²) in [4.78, 5) is 16.7. The molecule has 2 heterocycles. The van der Waals surface area contributed by atoms with E-state index in [-0.39, 0.29) is 17.5 Å². The molecule has 1 N–H and O–H groups in total. The Morgan fingerprint density at radius 3 is 2.50 bits per heavy atom. The van der Waals surface area contributed by atoms with Crippen molar-refractivity contribution in [1.29, 1.82) is 0 Å². The number of nitrogens with zero attached hydrogens (tertiary/aromatic N) is 4. The number of hydrogen-bond acceptors (Lipinski definition) is 5. The molecule has 30 heavy (non-hydrogen) atoms. The van der Waals surface area contributed by atoms with Crippen LogP contribution >= 0.6 is 23.4 Å².